The van der Waals surface area contributed by atoms with Crippen molar-refractivity contribution in [2.45, 2.75) is 38.2 Å². The highest BCUT2D eigenvalue weighted by molar-refractivity contribution is 5.79. The summed E-state index contributed by atoms with van der Waals surface area (Å²) < 4.78 is 15.6. The van der Waals surface area contributed by atoms with Crippen LogP contribution >= 0.6 is 0 Å². The van der Waals surface area contributed by atoms with Crippen molar-refractivity contribution in [2.24, 2.45) is 0 Å². The Morgan fingerprint density at radius 3 is 2.61 bits per heavy atom. The van der Waals surface area contributed by atoms with Gasteiger partial charge in [-0.2, -0.15) is 0 Å². The Balaban J connectivity index is 1.69. The van der Waals surface area contributed by atoms with Gasteiger partial charge in [0.05, 0.1) is 13.2 Å². The molecule has 126 valence electrons. The van der Waals surface area contributed by atoms with Crippen LogP contribution in [0.15, 0.2) is 30.3 Å². The molecule has 0 aromatic heterocycles. The molecule has 0 aliphatic carbocycles. The van der Waals surface area contributed by atoms with Gasteiger partial charge in [0.1, 0.15) is 12.6 Å². The van der Waals surface area contributed by atoms with Crippen LogP contribution in [0.1, 0.15) is 24.8 Å². The Morgan fingerprint density at radius 1 is 1.26 bits per heavy atom. The van der Waals surface area contributed by atoms with Crippen molar-refractivity contribution in [1.29, 1.82) is 0 Å². The third-order valence-corrected chi connectivity index (χ3v) is 3.43. The van der Waals surface area contributed by atoms with Gasteiger partial charge in [0.25, 0.3) is 0 Å². The highest BCUT2D eigenvalue weighted by Gasteiger charge is 2.22. The van der Waals surface area contributed by atoms with Crippen LogP contribution in [0, 0.1) is 0 Å². The van der Waals surface area contributed by atoms with Gasteiger partial charge in [-0.15, -0.1) is 0 Å². The lowest BCUT2D eigenvalue weighted by Crippen LogP contribution is -2.41. The van der Waals surface area contributed by atoms with Gasteiger partial charge < -0.3 is 24.6 Å². The molecule has 0 unspecified atom stereocenters. The van der Waals surface area contributed by atoms with Crippen LogP contribution in [0.3, 0.4) is 0 Å². The molecule has 1 aliphatic rings. The fraction of sp³-hybridized carbons (Fsp3) is 0.500. The number of rotatable bonds is 8. The Hall–Kier alpha value is -2.12. The molecule has 1 aromatic rings. The van der Waals surface area contributed by atoms with Crippen LogP contribution in [0.2, 0.25) is 0 Å². The van der Waals surface area contributed by atoms with Crippen LogP contribution < -0.4 is 5.32 Å². The lowest BCUT2D eigenvalue weighted by Gasteiger charge is -2.15. The first-order chi connectivity index (χ1) is 11.1. The van der Waals surface area contributed by atoms with Crippen molar-refractivity contribution in [3.63, 3.8) is 0 Å². The van der Waals surface area contributed by atoms with E-state index < -0.39 is 18.1 Å². The van der Waals surface area contributed by atoms with Gasteiger partial charge in [-0.1, -0.05) is 30.3 Å². The zero-order valence-corrected chi connectivity index (χ0v) is 12.8. The predicted molar refractivity (Wildman–Crippen MR) is 80.7 cm³/mol. The predicted octanol–water partition coefficient (Wildman–Crippen LogP) is 1.91. The molecular formula is C16H21NO6. The number of ether oxygens (including phenoxy) is 3. The molecule has 0 radical (unpaired) electrons. The molecule has 0 spiro atoms. The Kier molecular flexibility index (Phi) is 6.83. The number of carbonyl (C=O) groups is 2. The lowest BCUT2D eigenvalue weighted by molar-refractivity contribution is -0.139. The van der Waals surface area contributed by atoms with E-state index >= 15 is 0 Å². The fourth-order valence-electron chi connectivity index (χ4n) is 2.23. The summed E-state index contributed by atoms with van der Waals surface area (Å²) in [6.07, 6.45) is 0.452. The van der Waals surface area contributed by atoms with Gasteiger partial charge in [0.2, 0.25) is 0 Å². The molecule has 1 aromatic carbocycles. The third-order valence-electron chi connectivity index (χ3n) is 3.43. The zero-order chi connectivity index (χ0) is 16.5. The number of nitrogens with one attached hydrogen (secondary N) is 1. The van der Waals surface area contributed by atoms with Gasteiger partial charge in [-0.25, -0.2) is 9.59 Å². The maximum absolute atomic E-state index is 11.7. The summed E-state index contributed by atoms with van der Waals surface area (Å²) in [4.78, 5) is 22.9. The van der Waals surface area contributed by atoms with Crippen molar-refractivity contribution in [3.05, 3.63) is 35.9 Å². The molecule has 1 atom stereocenters. The molecule has 0 saturated carbocycles. The zero-order valence-electron chi connectivity index (χ0n) is 12.8. The smallest absolute Gasteiger partial charge is 0.408 e. The number of carboxylic acid groups (broad SMARTS) is 1. The minimum atomic E-state index is -1.09. The third kappa shape index (κ3) is 6.25. The maximum atomic E-state index is 11.7. The van der Waals surface area contributed by atoms with Crippen LogP contribution in [0.25, 0.3) is 0 Å². The highest BCUT2D eigenvalue weighted by atomic mass is 16.7. The van der Waals surface area contributed by atoms with Crippen molar-refractivity contribution in [2.75, 3.05) is 13.2 Å². The number of alkyl carbamates (subject to hydrolysis) is 1. The molecule has 1 amide bonds. The van der Waals surface area contributed by atoms with Crippen molar-refractivity contribution in [1.82, 2.24) is 5.32 Å². The van der Waals surface area contributed by atoms with Crippen molar-refractivity contribution >= 4 is 12.1 Å². The molecule has 7 heteroatoms. The van der Waals surface area contributed by atoms with Crippen molar-refractivity contribution in [3.8, 4) is 0 Å². The average Bonchev–Trinajstić information content (AvgIpc) is 3.06. The van der Waals surface area contributed by atoms with Gasteiger partial charge in [0, 0.05) is 0 Å². The summed E-state index contributed by atoms with van der Waals surface area (Å²) >= 11 is 0. The van der Waals surface area contributed by atoms with Crippen LogP contribution in [0.4, 0.5) is 4.79 Å². The second-order valence-corrected chi connectivity index (χ2v) is 5.20. The summed E-state index contributed by atoms with van der Waals surface area (Å²) in [5.41, 5.74) is 0.838. The summed E-state index contributed by atoms with van der Waals surface area (Å²) in [6.45, 7) is 1.23. The van der Waals surface area contributed by atoms with Crippen LogP contribution in [-0.4, -0.2) is 42.7 Å². The van der Waals surface area contributed by atoms with E-state index in [1.807, 2.05) is 30.3 Å². The average molecular weight is 323 g/mol. The molecular weight excluding hydrogens is 302 g/mol. The molecule has 1 saturated heterocycles. The van der Waals surface area contributed by atoms with E-state index in [1.165, 1.54) is 0 Å². The first-order valence-electron chi connectivity index (χ1n) is 7.58. The first-order valence-corrected chi connectivity index (χ1v) is 7.58. The standard InChI is InChI=1S/C16H21NO6/c18-15(19)13(7-4-8-14-21-9-10-22-14)17-16(20)23-11-12-5-2-1-3-6-12/h1-3,5-6,13-14H,4,7-11H2,(H,17,20)(H,18,19)/t13-/m0/s1. The normalized spacial score (nSPS) is 16.0. The SMILES string of the molecule is O=C(N[C@@H](CCCC1OCCO1)C(=O)O)OCc1ccccc1. The van der Waals surface area contributed by atoms with Gasteiger partial charge >= 0.3 is 12.1 Å². The second kappa shape index (κ2) is 9.12. The monoisotopic (exact) mass is 323 g/mol. The molecule has 2 N–H and O–H groups in total. The first kappa shape index (κ1) is 17.2. The van der Waals surface area contributed by atoms with Crippen LogP contribution in [0.5, 0.6) is 0 Å². The van der Waals surface area contributed by atoms with Gasteiger partial charge in [-0.05, 0) is 24.8 Å². The Morgan fingerprint density at radius 2 is 1.96 bits per heavy atom. The quantitative estimate of drug-likeness (QED) is 0.759. The molecule has 2 rings (SSSR count). The number of carbonyl (C=O) groups excluding carboxylic acids is 1. The summed E-state index contributed by atoms with van der Waals surface area (Å²) in [5, 5.41) is 11.5. The Labute approximate surface area is 134 Å². The van der Waals surface area contributed by atoms with E-state index in [0.29, 0.717) is 32.5 Å². The highest BCUT2D eigenvalue weighted by Crippen LogP contribution is 2.13. The van der Waals surface area contributed by atoms with E-state index in [1.54, 1.807) is 0 Å². The number of aliphatic carboxylic acids is 1. The fourth-order valence-corrected chi connectivity index (χ4v) is 2.23. The molecule has 7 nitrogen and oxygen atoms in total. The van der Waals surface area contributed by atoms with E-state index in [-0.39, 0.29) is 12.9 Å². The number of hydrogen-bond acceptors (Lipinski definition) is 5. The summed E-state index contributed by atoms with van der Waals surface area (Å²) in [7, 11) is 0. The molecule has 23 heavy (non-hydrogen) atoms. The largest absolute Gasteiger partial charge is 0.480 e. The number of benzene rings is 1. The lowest BCUT2D eigenvalue weighted by atomic mass is 10.1. The van der Waals surface area contributed by atoms with Gasteiger partial charge in [-0.3, -0.25) is 0 Å². The van der Waals surface area contributed by atoms with Crippen LogP contribution in [-0.2, 0) is 25.6 Å². The molecule has 1 aliphatic heterocycles. The molecule has 0 bridgehead atoms. The molecule has 1 fully saturated rings. The van der Waals surface area contributed by atoms with E-state index in [0.717, 1.165) is 5.56 Å². The number of amides is 1. The van der Waals surface area contributed by atoms with E-state index in [2.05, 4.69) is 5.32 Å². The summed E-state index contributed by atoms with van der Waals surface area (Å²) in [5.74, 6) is -1.09. The topological polar surface area (TPSA) is 94.1 Å². The Bertz CT molecular complexity index is 501. The van der Waals surface area contributed by atoms with E-state index in [9.17, 15) is 9.59 Å². The molecule has 1 heterocycles. The minimum Gasteiger partial charge on any atom is -0.480 e. The number of hydrogen-bond donors (Lipinski definition) is 2. The maximum Gasteiger partial charge on any atom is 0.408 e. The van der Waals surface area contributed by atoms with Gasteiger partial charge in [0.15, 0.2) is 6.29 Å². The second-order valence-electron chi connectivity index (χ2n) is 5.20. The minimum absolute atomic E-state index is 0.1000. The van der Waals surface area contributed by atoms with E-state index in [4.69, 9.17) is 19.3 Å². The van der Waals surface area contributed by atoms with Crippen molar-refractivity contribution < 1.29 is 28.9 Å². The summed E-state index contributed by atoms with van der Waals surface area (Å²) in [6, 6.07) is 8.20. The number of carboxylic acids is 1.